The maximum Gasteiger partial charge on any atom is 0.193 e. The summed E-state index contributed by atoms with van der Waals surface area (Å²) >= 11 is 0. The fourth-order valence-corrected chi connectivity index (χ4v) is 3.04. The van der Waals surface area contributed by atoms with Gasteiger partial charge in [-0.1, -0.05) is 12.1 Å². The van der Waals surface area contributed by atoms with Gasteiger partial charge in [0.05, 0.1) is 7.11 Å². The number of guanidine groups is 1. The molecule has 0 aromatic heterocycles. The molecule has 1 aliphatic rings. The van der Waals surface area contributed by atoms with Crippen LogP contribution in [-0.4, -0.2) is 56.7 Å². The number of rotatable bonds is 5. The molecule has 2 N–H and O–H groups in total. The predicted molar refractivity (Wildman–Crippen MR) is 116 cm³/mol. The first-order chi connectivity index (χ1) is 11.4. The minimum Gasteiger partial charge on any atom is -0.497 e. The molecule has 5 nitrogen and oxygen atoms in total. The Labute approximate surface area is 169 Å². The molecule has 0 spiro atoms. The van der Waals surface area contributed by atoms with Crippen LogP contribution in [0.3, 0.4) is 0 Å². The number of methoxy groups -OCH3 is 1. The van der Waals surface area contributed by atoms with E-state index in [9.17, 15) is 0 Å². The molecule has 1 aliphatic heterocycles. The summed E-state index contributed by atoms with van der Waals surface area (Å²) in [7, 11) is 3.57. The Kier molecular flexibility index (Phi) is 8.99. The minimum atomic E-state index is 0. The van der Waals surface area contributed by atoms with Crippen LogP contribution >= 0.6 is 24.0 Å². The van der Waals surface area contributed by atoms with Crippen molar-refractivity contribution in [1.29, 1.82) is 0 Å². The predicted octanol–water partition coefficient (Wildman–Crippen LogP) is 3.07. The van der Waals surface area contributed by atoms with Crippen molar-refractivity contribution in [3.05, 3.63) is 29.8 Å². The van der Waals surface area contributed by atoms with Gasteiger partial charge in [-0.05, 0) is 44.9 Å². The van der Waals surface area contributed by atoms with E-state index in [2.05, 4.69) is 53.4 Å². The second kappa shape index (κ2) is 10.2. The Morgan fingerprint density at radius 2 is 1.92 bits per heavy atom. The summed E-state index contributed by atoms with van der Waals surface area (Å²) in [4.78, 5) is 6.80. The Morgan fingerprint density at radius 3 is 2.48 bits per heavy atom. The van der Waals surface area contributed by atoms with Crippen molar-refractivity contribution in [3.63, 3.8) is 0 Å². The largest absolute Gasteiger partial charge is 0.497 e. The number of halogens is 1. The van der Waals surface area contributed by atoms with Gasteiger partial charge >= 0.3 is 0 Å². The topological polar surface area (TPSA) is 48.9 Å². The second-order valence-electron chi connectivity index (χ2n) is 7.36. The molecule has 1 atom stereocenters. The SMILES string of the molecule is CN=C(NCCNC(C)(C)C)N1CCC(c2ccc(OC)cc2)C1.I. The summed E-state index contributed by atoms with van der Waals surface area (Å²) < 4.78 is 5.24. The van der Waals surface area contributed by atoms with E-state index in [-0.39, 0.29) is 29.5 Å². The van der Waals surface area contributed by atoms with Gasteiger partial charge < -0.3 is 20.3 Å². The van der Waals surface area contributed by atoms with E-state index >= 15 is 0 Å². The number of hydrogen-bond acceptors (Lipinski definition) is 3. The summed E-state index contributed by atoms with van der Waals surface area (Å²) in [5, 5.41) is 6.96. The van der Waals surface area contributed by atoms with E-state index in [0.29, 0.717) is 5.92 Å². The first-order valence-corrected chi connectivity index (χ1v) is 8.77. The van der Waals surface area contributed by atoms with Crippen molar-refractivity contribution in [2.45, 2.75) is 38.6 Å². The zero-order valence-corrected chi connectivity index (χ0v) is 18.5. The first-order valence-electron chi connectivity index (χ1n) is 8.77. The third-order valence-corrected chi connectivity index (χ3v) is 4.35. The maximum absolute atomic E-state index is 5.24. The Balaban J connectivity index is 0.00000312. The van der Waals surface area contributed by atoms with Crippen molar-refractivity contribution in [2.24, 2.45) is 4.99 Å². The van der Waals surface area contributed by atoms with Crippen molar-refractivity contribution >= 4 is 29.9 Å². The third kappa shape index (κ3) is 7.01. The third-order valence-electron chi connectivity index (χ3n) is 4.35. The van der Waals surface area contributed by atoms with Crippen molar-refractivity contribution in [3.8, 4) is 5.75 Å². The Hall–Kier alpha value is -1.02. The lowest BCUT2D eigenvalue weighted by Gasteiger charge is -2.24. The van der Waals surface area contributed by atoms with Crippen LogP contribution in [0.5, 0.6) is 5.75 Å². The lowest BCUT2D eigenvalue weighted by Crippen LogP contribution is -2.45. The molecule has 1 heterocycles. The quantitative estimate of drug-likeness (QED) is 0.307. The average molecular weight is 460 g/mol. The maximum atomic E-state index is 5.24. The lowest BCUT2D eigenvalue weighted by molar-refractivity contribution is 0.414. The van der Waals surface area contributed by atoms with Gasteiger partial charge in [-0.15, -0.1) is 24.0 Å². The Morgan fingerprint density at radius 1 is 1.24 bits per heavy atom. The van der Waals surface area contributed by atoms with Crippen LogP contribution in [0.15, 0.2) is 29.3 Å². The lowest BCUT2D eigenvalue weighted by atomic mass is 9.98. The molecule has 25 heavy (non-hydrogen) atoms. The second-order valence-corrected chi connectivity index (χ2v) is 7.36. The van der Waals surface area contributed by atoms with Crippen LogP contribution < -0.4 is 15.4 Å². The van der Waals surface area contributed by atoms with Crippen molar-refractivity contribution in [1.82, 2.24) is 15.5 Å². The van der Waals surface area contributed by atoms with E-state index in [1.165, 1.54) is 5.56 Å². The number of ether oxygens (including phenoxy) is 1. The molecule has 142 valence electrons. The standard InChI is InChI=1S/C19H32N4O.HI/c1-19(2,3)22-12-11-21-18(20-4)23-13-10-16(14-23)15-6-8-17(24-5)9-7-15;/h6-9,16,22H,10-14H2,1-5H3,(H,20,21);1H. The number of likely N-dealkylation sites (tertiary alicyclic amines) is 1. The van der Waals surface area contributed by atoms with Crippen LogP contribution in [0.4, 0.5) is 0 Å². The molecule has 1 aromatic rings. The van der Waals surface area contributed by atoms with Gasteiger partial charge in [0, 0.05) is 44.7 Å². The number of nitrogens with one attached hydrogen (secondary N) is 2. The van der Waals surface area contributed by atoms with E-state index in [1.807, 2.05) is 19.2 Å². The molecule has 1 saturated heterocycles. The zero-order chi connectivity index (χ0) is 17.6. The summed E-state index contributed by atoms with van der Waals surface area (Å²) in [5.74, 6) is 2.47. The summed E-state index contributed by atoms with van der Waals surface area (Å²) in [6, 6.07) is 8.44. The molecule has 0 bridgehead atoms. The number of benzene rings is 1. The van der Waals surface area contributed by atoms with Crippen molar-refractivity contribution < 1.29 is 4.74 Å². The molecule has 0 aliphatic carbocycles. The van der Waals surface area contributed by atoms with Gasteiger partial charge in [0.2, 0.25) is 0 Å². The van der Waals surface area contributed by atoms with Crippen LogP contribution in [-0.2, 0) is 0 Å². The smallest absolute Gasteiger partial charge is 0.193 e. The number of hydrogen-bond donors (Lipinski definition) is 2. The van der Waals surface area contributed by atoms with E-state index in [1.54, 1.807) is 7.11 Å². The minimum absolute atomic E-state index is 0. The summed E-state index contributed by atoms with van der Waals surface area (Å²) in [5.41, 5.74) is 1.53. The highest BCUT2D eigenvalue weighted by atomic mass is 127. The molecule has 1 fully saturated rings. The summed E-state index contributed by atoms with van der Waals surface area (Å²) in [6.45, 7) is 10.4. The molecule has 1 aromatic carbocycles. The monoisotopic (exact) mass is 460 g/mol. The van der Waals surface area contributed by atoms with E-state index < -0.39 is 0 Å². The average Bonchev–Trinajstić information content (AvgIpc) is 3.04. The normalized spacial score (nSPS) is 18.0. The molecular weight excluding hydrogens is 427 g/mol. The molecule has 0 amide bonds. The van der Waals surface area contributed by atoms with Crippen LogP contribution in [0.2, 0.25) is 0 Å². The summed E-state index contributed by atoms with van der Waals surface area (Å²) in [6.07, 6.45) is 1.16. The van der Waals surface area contributed by atoms with E-state index in [0.717, 1.165) is 44.3 Å². The number of aliphatic imine (C=N–C) groups is 1. The molecule has 0 radical (unpaired) electrons. The van der Waals surface area contributed by atoms with Gasteiger partial charge in [-0.25, -0.2) is 0 Å². The van der Waals surface area contributed by atoms with E-state index in [4.69, 9.17) is 4.74 Å². The van der Waals surface area contributed by atoms with Crippen LogP contribution in [0.25, 0.3) is 0 Å². The fraction of sp³-hybridized carbons (Fsp3) is 0.632. The van der Waals surface area contributed by atoms with Gasteiger partial charge in [0.15, 0.2) is 5.96 Å². The highest BCUT2D eigenvalue weighted by molar-refractivity contribution is 14.0. The van der Waals surface area contributed by atoms with Crippen molar-refractivity contribution in [2.75, 3.05) is 40.3 Å². The Bertz CT molecular complexity index is 539. The molecule has 6 heteroatoms. The molecule has 2 rings (SSSR count). The highest BCUT2D eigenvalue weighted by Crippen LogP contribution is 2.28. The van der Waals surface area contributed by atoms with Gasteiger partial charge in [-0.3, -0.25) is 4.99 Å². The number of nitrogens with zero attached hydrogens (tertiary/aromatic N) is 2. The van der Waals surface area contributed by atoms with Gasteiger partial charge in [-0.2, -0.15) is 0 Å². The highest BCUT2D eigenvalue weighted by Gasteiger charge is 2.26. The molecule has 0 saturated carbocycles. The van der Waals surface area contributed by atoms with Gasteiger partial charge in [0.25, 0.3) is 0 Å². The zero-order valence-electron chi connectivity index (χ0n) is 16.1. The molecular formula is C19H33IN4O. The van der Waals surface area contributed by atoms with Crippen LogP contribution in [0.1, 0.15) is 38.7 Å². The van der Waals surface area contributed by atoms with Gasteiger partial charge in [0.1, 0.15) is 5.75 Å². The molecule has 1 unspecified atom stereocenters. The fourth-order valence-electron chi connectivity index (χ4n) is 3.04. The van der Waals surface area contributed by atoms with Crippen LogP contribution in [0, 0.1) is 0 Å². The first kappa shape index (κ1) is 22.0.